The van der Waals surface area contributed by atoms with Gasteiger partial charge < -0.3 is 10.6 Å². The van der Waals surface area contributed by atoms with Gasteiger partial charge >= 0.3 is 0 Å². The van der Waals surface area contributed by atoms with Crippen molar-refractivity contribution in [1.82, 2.24) is 20.6 Å². The molecule has 3 aromatic rings. The summed E-state index contributed by atoms with van der Waals surface area (Å²) >= 11 is 2.62. The Morgan fingerprint density at radius 1 is 1.09 bits per heavy atom. The maximum absolute atomic E-state index is 11.8. The lowest BCUT2D eigenvalue weighted by atomic mass is 9.86. The Bertz CT molecular complexity index is 1220. The molecule has 2 aliphatic rings. The van der Waals surface area contributed by atoms with Crippen molar-refractivity contribution in [2.75, 3.05) is 11.9 Å². The Hall–Kier alpha value is -3.01. The smallest absolute Gasteiger partial charge is 0.290 e. The summed E-state index contributed by atoms with van der Waals surface area (Å²) in [6, 6.07) is 12.9. The normalized spacial score (nSPS) is 21.3. The second kappa shape index (κ2) is 11.2. The van der Waals surface area contributed by atoms with Crippen LogP contribution in [0.4, 0.5) is 10.7 Å². The van der Waals surface area contributed by atoms with Crippen molar-refractivity contribution >= 4 is 46.3 Å². The number of carbonyl (C=O) groups is 2. The van der Waals surface area contributed by atoms with E-state index < -0.39 is 0 Å². The number of hydrogen-bond donors (Lipinski definition) is 3. The summed E-state index contributed by atoms with van der Waals surface area (Å²) in [5.74, 6) is 0.837. The van der Waals surface area contributed by atoms with Crippen LogP contribution >= 0.6 is 23.1 Å². The second-order valence-electron chi connectivity index (χ2n) is 8.82. The Morgan fingerprint density at radius 3 is 2.71 bits per heavy atom. The molecule has 0 radical (unpaired) electrons. The van der Waals surface area contributed by atoms with Crippen LogP contribution in [-0.2, 0) is 11.3 Å². The van der Waals surface area contributed by atoms with E-state index in [1.54, 1.807) is 29.7 Å². The van der Waals surface area contributed by atoms with Crippen LogP contribution in [0.5, 0.6) is 0 Å². The molecule has 9 heteroatoms. The van der Waals surface area contributed by atoms with Gasteiger partial charge in [0.05, 0.1) is 10.6 Å². The molecule has 2 fully saturated rings. The van der Waals surface area contributed by atoms with E-state index in [1.807, 2.05) is 0 Å². The molecule has 3 N–H and O–H groups in total. The fourth-order valence-corrected chi connectivity index (χ4v) is 5.88. The van der Waals surface area contributed by atoms with Gasteiger partial charge in [-0.15, -0.1) is 0 Å². The lowest BCUT2D eigenvalue weighted by Crippen LogP contribution is -2.31. The summed E-state index contributed by atoms with van der Waals surface area (Å²) in [6.45, 7) is 1.89. The standard InChI is InChI=1S/C26H27N5O2S2/c32-24-23(35-26(33)31-24)13-21-9-11-28-25(30-21)29-20-7-5-17(6-8-20)14-27-15-18-3-1-2-4-22(18)19-10-12-34-16-19/h1-4,9-13,16-17,20,27H,5-8,14-15H2,(H,28,29,30)(H,31,32,33)/b23-13-. The molecule has 3 heterocycles. The average molecular weight is 506 g/mol. The van der Waals surface area contributed by atoms with Crippen molar-refractivity contribution in [3.8, 4) is 11.1 Å². The Kier molecular flexibility index (Phi) is 7.56. The fraction of sp³-hybridized carbons (Fsp3) is 0.308. The van der Waals surface area contributed by atoms with Crippen LogP contribution in [-0.4, -0.2) is 33.7 Å². The van der Waals surface area contributed by atoms with Crippen LogP contribution in [0.3, 0.4) is 0 Å². The number of nitrogens with one attached hydrogen (secondary N) is 3. The third-order valence-electron chi connectivity index (χ3n) is 6.38. The molecule has 0 unspecified atom stereocenters. The topological polar surface area (TPSA) is 96.0 Å². The molecule has 180 valence electrons. The molecule has 1 aliphatic carbocycles. The average Bonchev–Trinajstić information content (AvgIpc) is 3.50. The van der Waals surface area contributed by atoms with E-state index in [0.29, 0.717) is 28.5 Å². The number of thiophene rings is 1. The molecule has 0 spiro atoms. The van der Waals surface area contributed by atoms with E-state index in [-0.39, 0.29) is 11.1 Å². The third kappa shape index (κ3) is 6.17. The number of benzene rings is 1. The molecule has 0 atom stereocenters. The van der Waals surface area contributed by atoms with Crippen molar-refractivity contribution in [3.05, 3.63) is 69.5 Å². The van der Waals surface area contributed by atoms with E-state index in [9.17, 15) is 9.59 Å². The summed E-state index contributed by atoms with van der Waals surface area (Å²) in [5.41, 5.74) is 4.55. The molecule has 1 saturated carbocycles. The largest absolute Gasteiger partial charge is 0.351 e. The predicted octanol–water partition coefficient (Wildman–Crippen LogP) is 5.29. The van der Waals surface area contributed by atoms with Gasteiger partial charge in [-0.2, -0.15) is 11.3 Å². The first-order valence-electron chi connectivity index (χ1n) is 11.8. The van der Waals surface area contributed by atoms with Gasteiger partial charge in [0.2, 0.25) is 5.95 Å². The molecule has 2 aromatic heterocycles. The number of thioether (sulfide) groups is 1. The minimum absolute atomic E-state index is 0.333. The van der Waals surface area contributed by atoms with Gasteiger partial charge in [-0.25, -0.2) is 9.97 Å². The zero-order valence-corrected chi connectivity index (χ0v) is 20.8. The predicted molar refractivity (Wildman–Crippen MR) is 142 cm³/mol. The molecule has 1 saturated heterocycles. The summed E-state index contributed by atoms with van der Waals surface area (Å²) in [7, 11) is 0. The highest BCUT2D eigenvalue weighted by Crippen LogP contribution is 2.28. The van der Waals surface area contributed by atoms with Gasteiger partial charge in [0, 0.05) is 18.8 Å². The number of rotatable bonds is 8. The molecule has 1 aliphatic heterocycles. The lowest BCUT2D eigenvalue weighted by Gasteiger charge is -2.29. The third-order valence-corrected chi connectivity index (χ3v) is 7.87. The lowest BCUT2D eigenvalue weighted by molar-refractivity contribution is -0.115. The van der Waals surface area contributed by atoms with E-state index in [0.717, 1.165) is 50.5 Å². The Balaban J connectivity index is 1.09. The number of nitrogens with zero attached hydrogens (tertiary/aromatic N) is 2. The first kappa shape index (κ1) is 23.7. The minimum atomic E-state index is -0.380. The van der Waals surface area contributed by atoms with Crippen molar-refractivity contribution in [1.29, 1.82) is 0 Å². The minimum Gasteiger partial charge on any atom is -0.351 e. The van der Waals surface area contributed by atoms with Gasteiger partial charge in [-0.05, 0) is 95.6 Å². The zero-order valence-electron chi connectivity index (χ0n) is 19.2. The molecule has 5 rings (SSSR count). The monoisotopic (exact) mass is 505 g/mol. The van der Waals surface area contributed by atoms with Gasteiger partial charge in [0.15, 0.2) is 0 Å². The molecule has 35 heavy (non-hydrogen) atoms. The van der Waals surface area contributed by atoms with Crippen molar-refractivity contribution in [3.63, 3.8) is 0 Å². The molecule has 1 aromatic carbocycles. The maximum Gasteiger partial charge on any atom is 0.290 e. The quantitative estimate of drug-likeness (QED) is 0.358. The van der Waals surface area contributed by atoms with Crippen LogP contribution in [0.2, 0.25) is 0 Å². The van der Waals surface area contributed by atoms with Crippen LogP contribution in [0.15, 0.2) is 58.3 Å². The maximum atomic E-state index is 11.8. The summed E-state index contributed by atoms with van der Waals surface area (Å²) in [4.78, 5) is 32.3. The summed E-state index contributed by atoms with van der Waals surface area (Å²) in [6.07, 6.45) is 7.74. The number of aromatic nitrogens is 2. The fourth-order valence-electron chi connectivity index (χ4n) is 4.56. The van der Waals surface area contributed by atoms with Gasteiger partial charge in [-0.3, -0.25) is 14.9 Å². The first-order chi connectivity index (χ1) is 17.1. The van der Waals surface area contributed by atoms with E-state index in [4.69, 9.17) is 0 Å². The molecule has 7 nitrogen and oxygen atoms in total. The van der Waals surface area contributed by atoms with Crippen molar-refractivity contribution < 1.29 is 9.59 Å². The van der Waals surface area contributed by atoms with Gasteiger partial charge in [0.1, 0.15) is 0 Å². The molecule has 0 bridgehead atoms. The Morgan fingerprint density at radius 2 is 1.94 bits per heavy atom. The van der Waals surface area contributed by atoms with Crippen LogP contribution in [0.1, 0.15) is 36.9 Å². The number of hydrogen-bond acceptors (Lipinski definition) is 8. The van der Waals surface area contributed by atoms with Crippen LogP contribution < -0.4 is 16.0 Å². The molecule has 2 amide bonds. The summed E-state index contributed by atoms with van der Waals surface area (Å²) < 4.78 is 0. The molecular weight excluding hydrogens is 478 g/mol. The van der Waals surface area contributed by atoms with Crippen LogP contribution in [0.25, 0.3) is 17.2 Å². The highest BCUT2D eigenvalue weighted by molar-refractivity contribution is 8.18. The molecular formula is C26H27N5O2S2. The van der Waals surface area contributed by atoms with Crippen LogP contribution in [0, 0.1) is 5.92 Å². The number of carbonyl (C=O) groups excluding carboxylic acids is 2. The zero-order chi connectivity index (χ0) is 24.0. The Labute approximate surface area is 212 Å². The SMILES string of the molecule is O=C1NC(=O)/C(=C/c2ccnc(NC3CCC(CNCc4ccccc4-c4ccsc4)CC3)n2)S1. The number of imide groups is 1. The first-order valence-corrected chi connectivity index (χ1v) is 13.6. The highest BCUT2D eigenvalue weighted by Gasteiger charge is 2.25. The van der Waals surface area contributed by atoms with Crippen molar-refractivity contribution in [2.45, 2.75) is 38.3 Å². The van der Waals surface area contributed by atoms with E-state index >= 15 is 0 Å². The van der Waals surface area contributed by atoms with Gasteiger partial charge in [-0.1, -0.05) is 24.3 Å². The van der Waals surface area contributed by atoms with Crippen molar-refractivity contribution in [2.24, 2.45) is 5.92 Å². The van der Waals surface area contributed by atoms with Gasteiger partial charge in [0.25, 0.3) is 11.1 Å². The second-order valence-corrected chi connectivity index (χ2v) is 10.6. The number of amides is 2. The summed E-state index contributed by atoms with van der Waals surface area (Å²) in [5, 5.41) is 13.4. The van der Waals surface area contributed by atoms with E-state index in [1.165, 1.54) is 16.7 Å². The number of anilines is 1. The highest BCUT2D eigenvalue weighted by atomic mass is 32.2. The van der Waals surface area contributed by atoms with E-state index in [2.05, 4.69) is 67.0 Å².